The van der Waals surface area contributed by atoms with Gasteiger partial charge in [0.15, 0.2) is 0 Å². The average molecular weight is 465 g/mol. The molecule has 12 nitrogen and oxygen atoms in total. The van der Waals surface area contributed by atoms with Gasteiger partial charge in [0.05, 0.1) is 35.6 Å². The molecule has 5 rings (SSSR count). The molecule has 174 valence electrons. The number of nitrogens with one attached hydrogen (secondary N) is 2. The highest BCUT2D eigenvalue weighted by atomic mass is 16.6. The summed E-state index contributed by atoms with van der Waals surface area (Å²) in [7, 11) is 1.26. The van der Waals surface area contributed by atoms with Crippen LogP contribution in [0.1, 0.15) is 12.0 Å². The highest BCUT2D eigenvalue weighted by molar-refractivity contribution is 6.26. The first-order valence-corrected chi connectivity index (χ1v) is 10.4. The Kier molecular flexibility index (Phi) is 4.65. The van der Waals surface area contributed by atoms with Gasteiger partial charge in [-0.25, -0.2) is 4.90 Å². The molecule has 2 saturated heterocycles. The van der Waals surface area contributed by atoms with Gasteiger partial charge in [0.25, 0.3) is 5.69 Å². The number of imide groups is 1. The van der Waals surface area contributed by atoms with Gasteiger partial charge >= 0.3 is 0 Å². The Hall–Kier alpha value is -4.32. The van der Waals surface area contributed by atoms with Crippen LogP contribution in [0, 0.1) is 22.0 Å². The monoisotopic (exact) mass is 465 g/mol. The SMILES string of the molecule is COc1cc([N+](=O)[O-])ccc1N1C(=O)C2C(CC(N)=O)NC3(C(=O)Nc4ccccc43)C2C1=O. The van der Waals surface area contributed by atoms with Crippen molar-refractivity contribution in [1.82, 2.24) is 5.32 Å². The molecule has 0 aliphatic carbocycles. The number of primary amides is 1. The maximum atomic E-state index is 13.8. The van der Waals surface area contributed by atoms with Gasteiger partial charge in [0.1, 0.15) is 11.3 Å². The molecule has 3 aliphatic heterocycles. The van der Waals surface area contributed by atoms with Gasteiger partial charge in [-0.05, 0) is 12.1 Å². The van der Waals surface area contributed by atoms with Crippen LogP contribution in [-0.4, -0.2) is 41.7 Å². The Labute approximate surface area is 192 Å². The highest BCUT2D eigenvalue weighted by Crippen LogP contribution is 2.54. The minimum Gasteiger partial charge on any atom is -0.494 e. The molecule has 34 heavy (non-hydrogen) atoms. The van der Waals surface area contributed by atoms with Crippen LogP contribution >= 0.6 is 0 Å². The normalized spacial score (nSPS) is 27.0. The zero-order valence-corrected chi connectivity index (χ0v) is 17.8. The summed E-state index contributed by atoms with van der Waals surface area (Å²) in [5.41, 5.74) is 4.53. The van der Waals surface area contributed by atoms with Crippen molar-refractivity contribution in [3.05, 3.63) is 58.1 Å². The first-order chi connectivity index (χ1) is 16.2. The Balaban J connectivity index is 1.67. The van der Waals surface area contributed by atoms with E-state index in [9.17, 15) is 29.3 Å². The van der Waals surface area contributed by atoms with Crippen molar-refractivity contribution in [2.75, 3.05) is 17.3 Å². The summed E-state index contributed by atoms with van der Waals surface area (Å²) >= 11 is 0. The fourth-order valence-electron chi connectivity index (χ4n) is 5.35. The molecule has 0 radical (unpaired) electrons. The van der Waals surface area contributed by atoms with Gasteiger partial charge in [0.2, 0.25) is 23.6 Å². The number of fused-ring (bicyclic) bond motifs is 4. The molecule has 12 heteroatoms. The number of amides is 4. The van der Waals surface area contributed by atoms with E-state index in [1.165, 1.54) is 13.2 Å². The molecule has 4 N–H and O–H groups in total. The molecule has 2 aromatic rings. The zero-order chi connectivity index (χ0) is 24.4. The summed E-state index contributed by atoms with van der Waals surface area (Å²) in [4.78, 5) is 64.0. The Morgan fingerprint density at radius 3 is 2.62 bits per heavy atom. The molecule has 4 unspecified atom stereocenters. The third-order valence-corrected chi connectivity index (χ3v) is 6.66. The third-order valence-electron chi connectivity index (χ3n) is 6.66. The van der Waals surface area contributed by atoms with Crippen molar-refractivity contribution in [2.45, 2.75) is 18.0 Å². The van der Waals surface area contributed by atoms with E-state index in [1.807, 2.05) is 0 Å². The number of nitrogens with zero attached hydrogens (tertiary/aromatic N) is 2. The lowest BCUT2D eigenvalue weighted by atomic mass is 9.76. The van der Waals surface area contributed by atoms with Crippen molar-refractivity contribution >= 4 is 40.7 Å². The number of hydrogen-bond acceptors (Lipinski definition) is 8. The van der Waals surface area contributed by atoms with Gasteiger partial charge < -0.3 is 15.8 Å². The average Bonchev–Trinajstić information content (AvgIpc) is 3.37. The largest absolute Gasteiger partial charge is 0.494 e. The smallest absolute Gasteiger partial charge is 0.273 e. The molecule has 0 bridgehead atoms. The first kappa shape index (κ1) is 21.5. The van der Waals surface area contributed by atoms with Crippen LogP contribution in [0.15, 0.2) is 42.5 Å². The molecule has 3 aliphatic rings. The fourth-order valence-corrected chi connectivity index (χ4v) is 5.35. The van der Waals surface area contributed by atoms with Crippen LogP contribution in [-0.2, 0) is 24.7 Å². The molecule has 2 fully saturated rings. The number of non-ortho nitro benzene ring substituents is 1. The minimum atomic E-state index is -1.59. The zero-order valence-electron chi connectivity index (χ0n) is 17.8. The van der Waals surface area contributed by atoms with Crippen LogP contribution in [0.25, 0.3) is 0 Å². The number of nitro groups is 1. The quantitative estimate of drug-likeness (QED) is 0.323. The molecule has 1 spiro atoms. The van der Waals surface area contributed by atoms with Crippen LogP contribution in [0.5, 0.6) is 5.75 Å². The van der Waals surface area contributed by atoms with Crippen molar-refractivity contribution in [1.29, 1.82) is 0 Å². The summed E-state index contributed by atoms with van der Waals surface area (Å²) in [6.07, 6.45) is -0.275. The highest BCUT2D eigenvalue weighted by Gasteiger charge is 2.70. The number of para-hydroxylation sites is 1. The lowest BCUT2D eigenvalue weighted by Crippen LogP contribution is -2.53. The second-order valence-corrected chi connectivity index (χ2v) is 8.36. The molecule has 0 saturated carbocycles. The van der Waals surface area contributed by atoms with Crippen molar-refractivity contribution in [3.8, 4) is 5.75 Å². The minimum absolute atomic E-state index is 0.0113. The van der Waals surface area contributed by atoms with Crippen LogP contribution < -0.4 is 26.0 Å². The van der Waals surface area contributed by atoms with Crippen LogP contribution in [0.4, 0.5) is 17.1 Å². The summed E-state index contributed by atoms with van der Waals surface area (Å²) < 4.78 is 5.23. The van der Waals surface area contributed by atoms with Gasteiger partial charge in [-0.1, -0.05) is 18.2 Å². The van der Waals surface area contributed by atoms with E-state index in [4.69, 9.17) is 10.5 Å². The summed E-state index contributed by atoms with van der Waals surface area (Å²) in [5.74, 6) is -4.87. The Bertz CT molecular complexity index is 1290. The number of hydrogen-bond donors (Lipinski definition) is 3. The molecule has 4 amide bonds. The Morgan fingerprint density at radius 1 is 1.21 bits per heavy atom. The first-order valence-electron chi connectivity index (χ1n) is 10.4. The number of methoxy groups -OCH3 is 1. The number of carbonyl (C=O) groups excluding carboxylic acids is 4. The van der Waals surface area contributed by atoms with Crippen molar-refractivity contribution in [2.24, 2.45) is 17.6 Å². The molecular weight excluding hydrogens is 446 g/mol. The topological polar surface area (TPSA) is 174 Å². The van der Waals surface area contributed by atoms with Gasteiger partial charge in [-0.3, -0.25) is 34.6 Å². The number of nitrogens with two attached hydrogens (primary N) is 1. The van der Waals surface area contributed by atoms with Crippen molar-refractivity contribution < 1.29 is 28.8 Å². The van der Waals surface area contributed by atoms with E-state index in [-0.39, 0.29) is 23.5 Å². The third kappa shape index (κ3) is 2.75. The molecule has 0 aromatic heterocycles. The van der Waals surface area contributed by atoms with Crippen LogP contribution in [0.2, 0.25) is 0 Å². The van der Waals surface area contributed by atoms with Gasteiger partial charge in [-0.2, -0.15) is 0 Å². The Morgan fingerprint density at radius 2 is 1.94 bits per heavy atom. The second kappa shape index (κ2) is 7.35. The van der Waals surface area contributed by atoms with Gasteiger partial charge in [-0.15, -0.1) is 0 Å². The maximum Gasteiger partial charge on any atom is 0.273 e. The molecule has 4 atom stereocenters. The second-order valence-electron chi connectivity index (χ2n) is 8.36. The van der Waals surface area contributed by atoms with E-state index >= 15 is 0 Å². The van der Waals surface area contributed by atoms with E-state index in [0.717, 1.165) is 17.0 Å². The maximum absolute atomic E-state index is 13.8. The summed E-state index contributed by atoms with van der Waals surface area (Å²) in [5, 5.41) is 17.0. The van der Waals surface area contributed by atoms with E-state index in [0.29, 0.717) is 11.3 Å². The predicted molar refractivity (Wildman–Crippen MR) is 117 cm³/mol. The number of carbonyl (C=O) groups is 4. The van der Waals surface area contributed by atoms with Gasteiger partial charge in [0, 0.05) is 29.8 Å². The standard InChI is InChI=1S/C22H19N5O7/c1-34-15-8-10(27(32)33)6-7-14(15)26-19(29)17-13(9-16(23)28)25-22(18(17)20(26)30)11-4-2-3-5-12(11)24-21(22)31/h2-8,13,17-18,25H,9H2,1H3,(H2,23,28)(H,24,31). The summed E-state index contributed by atoms with van der Waals surface area (Å²) in [6, 6.07) is 9.41. The van der Waals surface area contributed by atoms with E-state index in [2.05, 4.69) is 10.6 Å². The van der Waals surface area contributed by atoms with E-state index in [1.54, 1.807) is 24.3 Å². The lowest BCUT2D eigenvalue weighted by Gasteiger charge is -2.29. The molecule has 2 aromatic carbocycles. The number of rotatable bonds is 5. The lowest BCUT2D eigenvalue weighted by molar-refractivity contribution is -0.384. The fraction of sp³-hybridized carbons (Fsp3) is 0.273. The van der Waals surface area contributed by atoms with E-state index < -0.39 is 52.0 Å². The van der Waals surface area contributed by atoms with Crippen LogP contribution in [0.3, 0.4) is 0 Å². The molecular formula is C22H19N5O7. The number of anilines is 2. The predicted octanol–water partition coefficient (Wildman–Crippen LogP) is 0.404. The number of benzene rings is 2. The summed E-state index contributed by atoms with van der Waals surface area (Å²) in [6.45, 7) is 0. The van der Waals surface area contributed by atoms with Crippen molar-refractivity contribution in [3.63, 3.8) is 0 Å². The number of nitro benzene ring substituents is 1. The molecule has 3 heterocycles. The number of ether oxygens (including phenoxy) is 1.